The van der Waals surface area contributed by atoms with Gasteiger partial charge in [-0.05, 0) is 30.3 Å². The van der Waals surface area contributed by atoms with E-state index >= 15 is 0 Å². The van der Waals surface area contributed by atoms with Crippen molar-refractivity contribution in [2.45, 2.75) is 13.2 Å². The van der Waals surface area contributed by atoms with Crippen molar-refractivity contribution in [3.63, 3.8) is 0 Å². The van der Waals surface area contributed by atoms with Crippen molar-refractivity contribution in [2.24, 2.45) is 0 Å². The van der Waals surface area contributed by atoms with Gasteiger partial charge in [0, 0.05) is 27.4 Å². The van der Waals surface area contributed by atoms with E-state index in [1.165, 1.54) is 35.1 Å². The summed E-state index contributed by atoms with van der Waals surface area (Å²) in [6.07, 6.45) is 1.51. The number of carbonyl (C=O) groups excluding carboxylic acids is 1. The third-order valence-corrected chi connectivity index (χ3v) is 4.64. The molecule has 5 nitrogen and oxygen atoms in total. The van der Waals surface area contributed by atoms with Gasteiger partial charge in [0.2, 0.25) is 0 Å². The van der Waals surface area contributed by atoms with Gasteiger partial charge in [0.15, 0.2) is 5.82 Å². The summed E-state index contributed by atoms with van der Waals surface area (Å²) >= 11 is 18.4. The normalized spacial score (nSPS) is 10.9. The molecule has 0 saturated heterocycles. The van der Waals surface area contributed by atoms with Crippen LogP contribution >= 0.6 is 34.8 Å². The Morgan fingerprint density at radius 3 is 2.46 bits per heavy atom. The molecule has 10 heteroatoms. The average Bonchev–Trinajstić information content (AvgIpc) is 2.97. The van der Waals surface area contributed by atoms with E-state index in [1.807, 2.05) is 0 Å². The van der Waals surface area contributed by atoms with Crippen LogP contribution in [0, 0.1) is 0 Å². The topological polar surface area (TPSA) is 56.2 Å². The number of benzene rings is 2. The Morgan fingerprint density at radius 1 is 1.11 bits per heavy atom. The van der Waals surface area contributed by atoms with Crippen molar-refractivity contribution < 1.29 is 18.3 Å². The highest BCUT2D eigenvalue weighted by atomic mass is 35.5. The van der Waals surface area contributed by atoms with Gasteiger partial charge in [-0.2, -0.15) is 13.9 Å². The molecule has 0 aliphatic heterocycles. The number of hydrogen-bond acceptors (Lipinski definition) is 3. The highest BCUT2D eigenvalue weighted by molar-refractivity contribution is 6.36. The Bertz CT molecular complexity index is 991. The van der Waals surface area contributed by atoms with Gasteiger partial charge < -0.3 is 10.1 Å². The second-order valence-electron chi connectivity index (χ2n) is 5.58. The Hall–Kier alpha value is -2.35. The molecule has 1 N–H and O–H groups in total. The maximum Gasteiger partial charge on any atom is 0.387 e. The molecule has 0 spiro atoms. The van der Waals surface area contributed by atoms with Crippen LogP contribution in [-0.2, 0) is 6.54 Å². The molecule has 1 aromatic heterocycles. The molecule has 28 heavy (non-hydrogen) atoms. The van der Waals surface area contributed by atoms with Gasteiger partial charge in [0.05, 0.1) is 6.54 Å². The highest BCUT2D eigenvalue weighted by Crippen LogP contribution is 2.27. The predicted octanol–water partition coefficient (Wildman–Crippen LogP) is 5.75. The summed E-state index contributed by atoms with van der Waals surface area (Å²) in [4.78, 5) is 12.4. The fraction of sp³-hybridized carbons (Fsp3) is 0.111. The Morgan fingerprint density at radius 2 is 1.79 bits per heavy atom. The van der Waals surface area contributed by atoms with Crippen molar-refractivity contribution in [1.29, 1.82) is 0 Å². The zero-order chi connectivity index (χ0) is 20.3. The summed E-state index contributed by atoms with van der Waals surface area (Å²) in [6, 6.07) is 10.5. The molecule has 146 valence electrons. The average molecular weight is 447 g/mol. The molecule has 3 rings (SSSR count). The van der Waals surface area contributed by atoms with E-state index in [0.29, 0.717) is 15.6 Å². The van der Waals surface area contributed by atoms with E-state index in [2.05, 4.69) is 15.2 Å². The van der Waals surface area contributed by atoms with Crippen LogP contribution in [0.2, 0.25) is 15.1 Å². The summed E-state index contributed by atoms with van der Waals surface area (Å²) < 4.78 is 30.4. The third kappa shape index (κ3) is 4.92. The maximum atomic E-state index is 12.4. The number of aromatic nitrogens is 2. The number of carbonyl (C=O) groups is 1. The zero-order valence-electron chi connectivity index (χ0n) is 14.0. The molecule has 2 aromatic carbocycles. The number of rotatable bonds is 6. The predicted molar refractivity (Wildman–Crippen MR) is 104 cm³/mol. The van der Waals surface area contributed by atoms with Gasteiger partial charge in [0.1, 0.15) is 10.8 Å². The smallest absolute Gasteiger partial charge is 0.387 e. The number of anilines is 1. The van der Waals surface area contributed by atoms with Gasteiger partial charge in [-0.1, -0.05) is 46.9 Å². The Labute approximate surface area is 173 Å². The molecular weight excluding hydrogens is 435 g/mol. The first-order valence-electron chi connectivity index (χ1n) is 7.85. The summed E-state index contributed by atoms with van der Waals surface area (Å²) in [5.74, 6) is -0.606. The van der Waals surface area contributed by atoms with E-state index in [1.54, 1.807) is 18.2 Å². The molecule has 3 aromatic rings. The van der Waals surface area contributed by atoms with Crippen LogP contribution < -0.4 is 10.1 Å². The van der Waals surface area contributed by atoms with Crippen LogP contribution in [0.25, 0.3) is 0 Å². The van der Waals surface area contributed by atoms with Gasteiger partial charge >= 0.3 is 6.61 Å². The zero-order valence-corrected chi connectivity index (χ0v) is 16.3. The lowest BCUT2D eigenvalue weighted by molar-refractivity contribution is -0.0498. The van der Waals surface area contributed by atoms with Crippen molar-refractivity contribution >= 4 is 46.5 Å². The minimum atomic E-state index is -2.99. The molecule has 0 aliphatic rings. The van der Waals surface area contributed by atoms with Crippen LogP contribution in [0.5, 0.6) is 5.75 Å². The fourth-order valence-corrected chi connectivity index (χ4v) is 3.12. The molecule has 1 heterocycles. The standard InChI is InChI=1S/C18H12Cl3F2N3O2/c19-13-5-2-6-14(20)12(13)8-26-9-15(21)16(25-26)24-17(27)10-3-1-4-11(7-10)28-18(22)23/h1-7,9,18H,8H2,(H,24,25,27). The second kappa shape index (κ2) is 8.77. The van der Waals surface area contributed by atoms with Gasteiger partial charge in [0.25, 0.3) is 5.91 Å². The molecule has 0 unspecified atom stereocenters. The molecule has 0 bridgehead atoms. The van der Waals surface area contributed by atoms with E-state index in [4.69, 9.17) is 34.8 Å². The minimum absolute atomic E-state index is 0.107. The third-order valence-electron chi connectivity index (χ3n) is 3.65. The maximum absolute atomic E-state index is 12.4. The van der Waals surface area contributed by atoms with Crippen LogP contribution in [0.4, 0.5) is 14.6 Å². The van der Waals surface area contributed by atoms with Crippen molar-refractivity contribution in [2.75, 3.05) is 5.32 Å². The number of halogens is 5. The first-order valence-corrected chi connectivity index (χ1v) is 8.99. The molecule has 0 aliphatic carbocycles. The monoisotopic (exact) mass is 445 g/mol. The second-order valence-corrected chi connectivity index (χ2v) is 6.81. The molecular formula is C18H12Cl3F2N3O2. The molecule has 0 saturated carbocycles. The number of ether oxygens (including phenoxy) is 1. The quantitative estimate of drug-likeness (QED) is 0.525. The van der Waals surface area contributed by atoms with Crippen molar-refractivity contribution in [3.05, 3.63) is 74.9 Å². The number of nitrogens with zero attached hydrogens (tertiary/aromatic N) is 2. The first kappa shape index (κ1) is 20.4. The van der Waals surface area contributed by atoms with Gasteiger partial charge in [-0.25, -0.2) is 0 Å². The molecule has 1 amide bonds. The lowest BCUT2D eigenvalue weighted by atomic mass is 10.2. The Kier molecular flexibility index (Phi) is 6.39. The van der Waals surface area contributed by atoms with Crippen LogP contribution in [0.15, 0.2) is 48.7 Å². The SMILES string of the molecule is O=C(Nc1nn(Cc2c(Cl)cccc2Cl)cc1Cl)c1cccc(OC(F)F)c1. The largest absolute Gasteiger partial charge is 0.435 e. The van der Waals surface area contributed by atoms with E-state index in [0.717, 1.165) is 0 Å². The number of hydrogen-bond donors (Lipinski definition) is 1. The number of nitrogens with one attached hydrogen (secondary N) is 1. The van der Waals surface area contributed by atoms with Gasteiger partial charge in [-0.3, -0.25) is 9.48 Å². The number of alkyl halides is 2. The van der Waals surface area contributed by atoms with Crippen LogP contribution in [-0.4, -0.2) is 22.3 Å². The summed E-state index contributed by atoms with van der Waals surface area (Å²) in [5.41, 5.74) is 0.762. The molecule has 0 atom stereocenters. The number of amides is 1. The molecule has 0 fully saturated rings. The summed E-state index contributed by atoms with van der Waals surface area (Å²) in [7, 11) is 0. The highest BCUT2D eigenvalue weighted by Gasteiger charge is 2.15. The summed E-state index contributed by atoms with van der Waals surface area (Å²) in [5, 5.41) is 7.88. The van der Waals surface area contributed by atoms with E-state index in [9.17, 15) is 13.6 Å². The van der Waals surface area contributed by atoms with E-state index in [-0.39, 0.29) is 28.7 Å². The van der Waals surface area contributed by atoms with Crippen molar-refractivity contribution in [1.82, 2.24) is 9.78 Å². The van der Waals surface area contributed by atoms with Crippen molar-refractivity contribution in [3.8, 4) is 5.75 Å². The minimum Gasteiger partial charge on any atom is -0.435 e. The van der Waals surface area contributed by atoms with Gasteiger partial charge in [-0.15, -0.1) is 0 Å². The molecule has 0 radical (unpaired) electrons. The Balaban J connectivity index is 1.76. The van der Waals surface area contributed by atoms with Crippen LogP contribution in [0.1, 0.15) is 15.9 Å². The lowest BCUT2D eigenvalue weighted by Gasteiger charge is -2.07. The van der Waals surface area contributed by atoms with E-state index < -0.39 is 12.5 Å². The van der Waals surface area contributed by atoms with Crippen LogP contribution in [0.3, 0.4) is 0 Å². The fourth-order valence-electron chi connectivity index (χ4n) is 2.40. The first-order chi connectivity index (χ1) is 13.3. The summed E-state index contributed by atoms with van der Waals surface area (Å²) in [6.45, 7) is -2.74. The lowest BCUT2D eigenvalue weighted by Crippen LogP contribution is -2.13.